The summed E-state index contributed by atoms with van der Waals surface area (Å²) >= 11 is 0. The van der Waals surface area contributed by atoms with Crippen molar-refractivity contribution in [1.29, 1.82) is 0 Å². The lowest BCUT2D eigenvalue weighted by Gasteiger charge is -1.99. The van der Waals surface area contributed by atoms with Crippen molar-refractivity contribution in [1.82, 2.24) is 0 Å². The van der Waals surface area contributed by atoms with Crippen molar-refractivity contribution in [2.24, 2.45) is 0 Å². The molecule has 0 unspecified atom stereocenters. The van der Waals surface area contributed by atoms with Crippen LogP contribution in [0.4, 0.5) is 0 Å². The van der Waals surface area contributed by atoms with Crippen LogP contribution in [0.5, 0.6) is 0 Å². The van der Waals surface area contributed by atoms with Crippen molar-refractivity contribution < 1.29 is 0 Å². The summed E-state index contributed by atoms with van der Waals surface area (Å²) in [5, 5.41) is 3.68. The molecule has 0 atom stereocenters. The van der Waals surface area contributed by atoms with Gasteiger partial charge in [0, 0.05) is 66.1 Å². The zero-order valence-electron chi connectivity index (χ0n) is 25.2. The highest BCUT2D eigenvalue weighted by Crippen LogP contribution is 2.22. The van der Waals surface area contributed by atoms with E-state index in [-0.39, 0.29) is 0 Å². The van der Waals surface area contributed by atoms with Gasteiger partial charge >= 0.3 is 0 Å². The standard InChI is InChI=1S/C48H16/c1-9-33-17-18-34(10-2)46-26-22-42-32-44(40(16-8)30-38(42)14-6)24-28-48-36(12-4)20-19-35(11-3)47(48)27-23-43-31-41(21-25-45(33)46)37(13-5)29-39(43)15-7/h1-8,17-20,29-32H. The van der Waals surface area contributed by atoms with Gasteiger partial charge in [-0.25, -0.2) is 0 Å². The van der Waals surface area contributed by atoms with Gasteiger partial charge in [0.05, 0.1) is 21.5 Å². The topological polar surface area (TPSA) is 0 Å². The Hall–Kier alpha value is -8.40. The fourth-order valence-corrected chi connectivity index (χ4v) is 4.82. The van der Waals surface area contributed by atoms with Gasteiger partial charge in [-0.3, -0.25) is 0 Å². The average Bonchev–Trinajstić information content (AvgIpc) is 3.13. The maximum Gasteiger partial charge on any atom is 0.0574 e. The van der Waals surface area contributed by atoms with Gasteiger partial charge in [0.1, 0.15) is 0 Å². The molecule has 0 radical (unpaired) electrons. The van der Waals surface area contributed by atoms with Crippen LogP contribution in [-0.4, -0.2) is 0 Å². The Morgan fingerprint density at radius 3 is 0.667 bits per heavy atom. The van der Waals surface area contributed by atoms with Crippen LogP contribution in [0.2, 0.25) is 0 Å². The molecule has 0 heteroatoms. The van der Waals surface area contributed by atoms with Gasteiger partial charge in [0.15, 0.2) is 0 Å². The highest BCUT2D eigenvalue weighted by molar-refractivity contribution is 5.92. The Balaban J connectivity index is 2.15. The van der Waals surface area contributed by atoms with Gasteiger partial charge in [-0.2, -0.15) is 0 Å². The second kappa shape index (κ2) is 13.5. The van der Waals surface area contributed by atoms with E-state index in [1.165, 1.54) is 0 Å². The van der Waals surface area contributed by atoms with Gasteiger partial charge in [0.25, 0.3) is 0 Å². The Labute approximate surface area is 282 Å². The summed E-state index contributed by atoms with van der Waals surface area (Å²) in [7, 11) is 0. The van der Waals surface area contributed by atoms with E-state index in [4.69, 9.17) is 51.4 Å². The van der Waals surface area contributed by atoms with Crippen LogP contribution in [0.3, 0.4) is 0 Å². The molecule has 0 fully saturated rings. The average molecular weight is 593 g/mol. The molecule has 48 heavy (non-hydrogen) atoms. The summed E-state index contributed by atoms with van der Waals surface area (Å²) in [5.41, 5.74) is 3.78. The lowest BCUT2D eigenvalue weighted by molar-refractivity contribution is 1.68. The first-order valence-corrected chi connectivity index (χ1v) is 13.9. The second-order valence-corrected chi connectivity index (χ2v) is 9.86. The van der Waals surface area contributed by atoms with E-state index in [9.17, 15) is 0 Å². The Kier molecular flexibility index (Phi) is 8.72. The van der Waals surface area contributed by atoms with Crippen molar-refractivity contribution in [3.63, 3.8) is 0 Å². The monoisotopic (exact) mass is 592 g/mol. The predicted molar refractivity (Wildman–Crippen MR) is 195 cm³/mol. The third-order valence-electron chi connectivity index (χ3n) is 7.26. The molecule has 208 valence electrons. The Morgan fingerprint density at radius 2 is 0.479 bits per heavy atom. The molecular weight excluding hydrogens is 577 g/mol. The van der Waals surface area contributed by atoms with Crippen LogP contribution in [-0.2, 0) is 0 Å². The van der Waals surface area contributed by atoms with E-state index in [1.54, 1.807) is 48.5 Å². The molecule has 0 heterocycles. The normalized spacial score (nSPS) is 8.83. The van der Waals surface area contributed by atoms with Gasteiger partial charge in [0.2, 0.25) is 0 Å². The first kappa shape index (κ1) is 31.0. The SMILES string of the molecule is C#Cc1cc(C#C)c2c#cc3c(C#C)ccc(C#C)c3c#cc3cc(c#cc4c(C#C)ccc(C#C)c4c#cc1c2)c(C#C)cc3C#C. The van der Waals surface area contributed by atoms with Crippen molar-refractivity contribution in [3.05, 3.63) is 142 Å². The molecule has 0 spiro atoms. The third kappa shape index (κ3) is 5.75. The van der Waals surface area contributed by atoms with Crippen molar-refractivity contribution >= 4 is 43.1 Å². The Bertz CT molecular complexity index is 2370. The molecule has 0 aliphatic carbocycles. The number of fused-ring (bicyclic) bond motifs is 6. The maximum atomic E-state index is 5.89. The minimum atomic E-state index is 0.440. The lowest BCUT2D eigenvalue weighted by atomic mass is 10.0. The quantitative estimate of drug-likeness (QED) is 0.165. The van der Waals surface area contributed by atoms with Crippen LogP contribution in [0.15, 0.2) is 48.5 Å². The molecule has 0 aromatic heterocycles. The minimum absolute atomic E-state index is 0.440. The molecule has 0 aliphatic heterocycles. The first-order chi connectivity index (χ1) is 23.4. The smallest absolute Gasteiger partial charge is 0.0574 e. The van der Waals surface area contributed by atoms with Gasteiger partial charge in [-0.05, 0) is 48.5 Å². The Morgan fingerprint density at radius 1 is 0.271 bits per heavy atom. The highest BCUT2D eigenvalue weighted by Gasteiger charge is 2.05. The number of rotatable bonds is 0. The number of benzene rings is 4. The largest absolute Gasteiger partial charge is 0.115 e. The zero-order valence-corrected chi connectivity index (χ0v) is 25.2. The lowest BCUT2D eigenvalue weighted by Crippen LogP contribution is -1.83. The summed E-state index contributed by atoms with van der Waals surface area (Å²) in [6, 6.07) is 38.9. The highest BCUT2D eigenvalue weighted by atomic mass is 14.1. The van der Waals surface area contributed by atoms with E-state index in [0.717, 1.165) is 0 Å². The van der Waals surface area contributed by atoms with Crippen molar-refractivity contribution in [3.8, 4) is 98.8 Å². The van der Waals surface area contributed by atoms with Crippen LogP contribution >= 0.6 is 0 Å². The molecule has 5 rings (SSSR count). The fraction of sp³-hybridized carbons (Fsp3) is 0. The number of hydrogen-bond donors (Lipinski definition) is 0. The van der Waals surface area contributed by atoms with Gasteiger partial charge in [-0.1, -0.05) is 95.9 Å². The fourth-order valence-electron chi connectivity index (χ4n) is 4.82. The van der Waals surface area contributed by atoms with Gasteiger partial charge < -0.3 is 0 Å². The first-order valence-electron chi connectivity index (χ1n) is 13.9. The van der Waals surface area contributed by atoms with Crippen molar-refractivity contribution in [2.75, 3.05) is 0 Å². The summed E-state index contributed by atoms with van der Waals surface area (Å²) in [5.74, 6) is 21.3. The summed E-state index contributed by atoms with van der Waals surface area (Å²) in [6.07, 6.45) is 47.1. The molecule has 0 N–H and O–H groups in total. The van der Waals surface area contributed by atoms with Crippen LogP contribution in [0.25, 0.3) is 43.1 Å². The maximum absolute atomic E-state index is 5.89. The minimum Gasteiger partial charge on any atom is -0.115 e. The number of terminal acetylenes is 8. The third-order valence-corrected chi connectivity index (χ3v) is 7.26. The van der Waals surface area contributed by atoms with Crippen LogP contribution < -0.4 is 0 Å². The molecule has 0 nitrogen and oxygen atoms in total. The number of hydrogen-bond acceptors (Lipinski definition) is 0. The van der Waals surface area contributed by atoms with E-state index in [0.29, 0.717) is 87.6 Å². The summed E-state index contributed by atoms with van der Waals surface area (Å²) in [6.45, 7) is 0. The molecule has 0 amide bonds. The summed E-state index contributed by atoms with van der Waals surface area (Å²) in [4.78, 5) is 0. The van der Waals surface area contributed by atoms with Gasteiger partial charge in [-0.15, -0.1) is 51.4 Å². The molecule has 5 aromatic rings. The van der Waals surface area contributed by atoms with E-state index >= 15 is 0 Å². The molecular formula is C48H16. The van der Waals surface area contributed by atoms with Crippen molar-refractivity contribution in [2.45, 2.75) is 0 Å². The molecule has 0 aliphatic rings. The molecule has 0 saturated carbocycles. The van der Waals surface area contributed by atoms with E-state index in [2.05, 4.69) is 95.9 Å². The zero-order chi connectivity index (χ0) is 34.2. The molecule has 5 aromatic carbocycles. The summed E-state index contributed by atoms with van der Waals surface area (Å²) < 4.78 is 0. The van der Waals surface area contributed by atoms with E-state index < -0.39 is 0 Å². The molecule has 0 saturated heterocycles. The van der Waals surface area contributed by atoms with E-state index in [1.807, 2.05) is 0 Å². The predicted octanol–water partition coefficient (Wildman–Crippen LogP) is 7.36. The second-order valence-electron chi connectivity index (χ2n) is 9.86. The molecule has 4 bridgehead atoms. The van der Waals surface area contributed by atoms with Crippen LogP contribution in [0.1, 0.15) is 44.5 Å². The van der Waals surface area contributed by atoms with Crippen LogP contribution in [0, 0.1) is 147 Å².